The van der Waals surface area contributed by atoms with Crippen LogP contribution < -0.4 is 5.32 Å². The van der Waals surface area contributed by atoms with Crippen molar-refractivity contribution in [3.63, 3.8) is 0 Å². The van der Waals surface area contributed by atoms with E-state index >= 15 is 0 Å². The molecule has 0 aliphatic heterocycles. The Kier molecular flexibility index (Phi) is 4.92. The zero-order valence-electron chi connectivity index (χ0n) is 15.0. The third-order valence-corrected chi connectivity index (χ3v) is 5.01. The first-order valence-electron chi connectivity index (χ1n) is 8.68. The van der Waals surface area contributed by atoms with Gasteiger partial charge in [0.25, 0.3) is 5.91 Å². The van der Waals surface area contributed by atoms with Gasteiger partial charge in [-0.25, -0.2) is 4.79 Å². The monoisotopic (exact) mass is 440 g/mol. The number of hydrogen-bond acceptors (Lipinski definition) is 4. The molecule has 6 nitrogen and oxygen atoms in total. The van der Waals surface area contributed by atoms with Gasteiger partial charge in [-0.05, 0) is 39.2 Å². The highest BCUT2D eigenvalue weighted by molar-refractivity contribution is 9.10. The van der Waals surface area contributed by atoms with Crippen molar-refractivity contribution in [2.75, 3.05) is 13.7 Å². The van der Waals surface area contributed by atoms with Crippen LogP contribution in [0.3, 0.4) is 0 Å². The van der Waals surface area contributed by atoms with Crippen molar-refractivity contribution in [1.82, 2.24) is 10.2 Å². The predicted octanol–water partition coefficient (Wildman–Crippen LogP) is 4.57. The number of nitrogens with one attached hydrogen (secondary N) is 1. The number of ether oxygens (including phenoxy) is 1. The van der Waals surface area contributed by atoms with Gasteiger partial charge in [0.15, 0.2) is 16.5 Å². The Balaban J connectivity index is 1.44. The van der Waals surface area contributed by atoms with Gasteiger partial charge in [-0.1, -0.05) is 48.5 Å². The first kappa shape index (κ1) is 18.3. The van der Waals surface area contributed by atoms with Gasteiger partial charge in [-0.2, -0.15) is 0 Å². The van der Waals surface area contributed by atoms with Crippen LogP contribution in [0.1, 0.15) is 27.8 Å². The first-order valence-corrected chi connectivity index (χ1v) is 9.47. The summed E-state index contributed by atoms with van der Waals surface area (Å²) in [5.74, 6) is -0.255. The number of furan rings is 1. The van der Waals surface area contributed by atoms with Crippen molar-refractivity contribution >= 4 is 27.9 Å². The molecule has 1 N–H and O–H groups in total. The van der Waals surface area contributed by atoms with Gasteiger partial charge in [0, 0.05) is 18.2 Å². The highest BCUT2D eigenvalue weighted by atomic mass is 79.9. The molecule has 0 bridgehead atoms. The Morgan fingerprint density at radius 1 is 1.04 bits per heavy atom. The van der Waals surface area contributed by atoms with E-state index in [1.54, 1.807) is 19.2 Å². The van der Waals surface area contributed by atoms with Crippen LogP contribution >= 0.6 is 15.9 Å². The Morgan fingerprint density at radius 2 is 1.64 bits per heavy atom. The molecule has 2 aromatic carbocycles. The summed E-state index contributed by atoms with van der Waals surface area (Å²) < 4.78 is 11.4. The maximum absolute atomic E-state index is 12.6. The lowest BCUT2D eigenvalue weighted by atomic mass is 10.1. The van der Waals surface area contributed by atoms with Crippen LogP contribution in [0.2, 0.25) is 0 Å². The minimum absolute atomic E-state index is 0.00794. The molecule has 1 aromatic heterocycles. The van der Waals surface area contributed by atoms with Crippen LogP contribution in [0, 0.1) is 0 Å². The van der Waals surface area contributed by atoms with Crippen LogP contribution in [0.4, 0.5) is 4.79 Å². The van der Waals surface area contributed by atoms with Gasteiger partial charge in [-0.15, -0.1) is 0 Å². The van der Waals surface area contributed by atoms with Gasteiger partial charge in [0.1, 0.15) is 0 Å². The van der Waals surface area contributed by atoms with E-state index in [-0.39, 0.29) is 12.4 Å². The molecule has 4 rings (SSSR count). The largest absolute Gasteiger partial charge is 0.444 e. The summed E-state index contributed by atoms with van der Waals surface area (Å²) >= 11 is 3.15. The van der Waals surface area contributed by atoms with Gasteiger partial charge in [-0.3, -0.25) is 9.69 Å². The second-order valence-corrected chi connectivity index (χ2v) is 7.19. The van der Waals surface area contributed by atoms with Crippen molar-refractivity contribution in [1.29, 1.82) is 0 Å². The minimum Gasteiger partial charge on any atom is -0.444 e. The highest BCUT2D eigenvalue weighted by Crippen LogP contribution is 2.45. The smallest absolute Gasteiger partial charge is 0.411 e. The van der Waals surface area contributed by atoms with Crippen molar-refractivity contribution in [3.8, 4) is 11.1 Å². The normalized spacial score (nSPS) is 12.2. The van der Waals surface area contributed by atoms with Gasteiger partial charge >= 0.3 is 6.09 Å². The fourth-order valence-corrected chi connectivity index (χ4v) is 3.51. The number of amides is 2. The number of rotatable bonds is 4. The molecular weight excluding hydrogens is 424 g/mol. The summed E-state index contributed by atoms with van der Waals surface area (Å²) in [5, 5.41) is 2.63. The van der Waals surface area contributed by atoms with Crippen molar-refractivity contribution in [2.24, 2.45) is 0 Å². The van der Waals surface area contributed by atoms with E-state index in [4.69, 9.17) is 9.15 Å². The van der Waals surface area contributed by atoms with Crippen LogP contribution in [-0.2, 0) is 4.74 Å². The molecule has 0 atom stereocenters. The molecule has 1 aliphatic rings. The molecule has 0 spiro atoms. The number of carbonyl (C=O) groups is 2. The molecule has 3 aromatic rings. The van der Waals surface area contributed by atoms with Crippen LogP contribution in [0.5, 0.6) is 0 Å². The zero-order chi connectivity index (χ0) is 19.7. The average Bonchev–Trinajstić information content (AvgIpc) is 3.28. The van der Waals surface area contributed by atoms with E-state index < -0.39 is 18.1 Å². The lowest BCUT2D eigenvalue weighted by Crippen LogP contribution is -2.39. The van der Waals surface area contributed by atoms with E-state index in [0.717, 1.165) is 22.3 Å². The minimum atomic E-state index is -0.530. The maximum atomic E-state index is 12.6. The average molecular weight is 441 g/mol. The molecule has 142 valence electrons. The van der Waals surface area contributed by atoms with Crippen molar-refractivity contribution in [3.05, 3.63) is 82.2 Å². The number of nitrogens with zero attached hydrogens (tertiary/aromatic N) is 1. The number of hydrogen-bond donors (Lipinski definition) is 1. The van der Waals surface area contributed by atoms with Crippen molar-refractivity contribution < 1.29 is 18.7 Å². The van der Waals surface area contributed by atoms with Gasteiger partial charge in [0.05, 0.1) is 6.67 Å². The number of benzene rings is 2. The predicted molar refractivity (Wildman–Crippen MR) is 107 cm³/mol. The molecular formula is C21H17BrN2O4. The number of halogens is 1. The van der Waals surface area contributed by atoms with Crippen molar-refractivity contribution in [2.45, 2.75) is 6.10 Å². The second kappa shape index (κ2) is 7.52. The van der Waals surface area contributed by atoms with E-state index in [1.807, 2.05) is 48.5 Å². The Morgan fingerprint density at radius 3 is 2.21 bits per heavy atom. The van der Waals surface area contributed by atoms with Gasteiger partial charge < -0.3 is 14.5 Å². The summed E-state index contributed by atoms with van der Waals surface area (Å²) in [4.78, 5) is 26.0. The summed E-state index contributed by atoms with van der Waals surface area (Å²) in [6.07, 6.45) is -1.00. The van der Waals surface area contributed by atoms with E-state index in [0.29, 0.717) is 4.67 Å². The molecule has 1 heterocycles. The number of carbonyl (C=O) groups excluding carboxylic acids is 2. The second-order valence-electron chi connectivity index (χ2n) is 6.40. The molecule has 0 unspecified atom stereocenters. The molecule has 2 amide bonds. The summed E-state index contributed by atoms with van der Waals surface area (Å²) in [5.41, 5.74) is 4.04. The molecule has 0 saturated heterocycles. The Bertz CT molecular complexity index is 1000. The summed E-state index contributed by atoms with van der Waals surface area (Å²) in [7, 11) is 1.56. The summed E-state index contributed by atoms with van der Waals surface area (Å²) in [6.45, 7) is -0.00794. The molecule has 1 aliphatic carbocycles. The van der Waals surface area contributed by atoms with E-state index in [2.05, 4.69) is 21.2 Å². The molecule has 0 fully saturated rings. The molecule has 7 heteroatoms. The van der Waals surface area contributed by atoms with Crippen LogP contribution in [-0.4, -0.2) is 30.6 Å². The third kappa shape index (κ3) is 3.41. The maximum Gasteiger partial charge on any atom is 0.411 e. The fraction of sp³-hybridized carbons (Fsp3) is 0.143. The Hall–Kier alpha value is -3.06. The first-order chi connectivity index (χ1) is 13.5. The SMILES string of the molecule is CN(CNC(=O)c1ccc(Br)o1)C(=O)OC1c2ccccc2-c2ccccc21. The quantitative estimate of drug-likeness (QED) is 0.603. The lowest BCUT2D eigenvalue weighted by Gasteiger charge is -2.21. The molecule has 0 saturated carbocycles. The molecule has 28 heavy (non-hydrogen) atoms. The van der Waals surface area contributed by atoms with Gasteiger partial charge in [0.2, 0.25) is 0 Å². The topological polar surface area (TPSA) is 71.8 Å². The van der Waals surface area contributed by atoms with Crippen LogP contribution in [0.25, 0.3) is 11.1 Å². The third-order valence-electron chi connectivity index (χ3n) is 4.58. The number of fused-ring (bicyclic) bond motifs is 3. The van der Waals surface area contributed by atoms with E-state index in [1.165, 1.54) is 4.90 Å². The highest BCUT2D eigenvalue weighted by Gasteiger charge is 2.31. The fourth-order valence-electron chi connectivity index (χ4n) is 3.21. The van der Waals surface area contributed by atoms with Crippen LogP contribution in [0.15, 0.2) is 69.8 Å². The summed E-state index contributed by atoms with van der Waals surface area (Å²) in [6, 6.07) is 18.9. The zero-order valence-corrected chi connectivity index (χ0v) is 16.6. The lowest BCUT2D eigenvalue weighted by molar-refractivity contribution is 0.0781. The van der Waals surface area contributed by atoms with E-state index in [9.17, 15) is 9.59 Å². The Labute approximate surface area is 170 Å². The standard InChI is InChI=1S/C21H17BrN2O4/c1-24(12-23-20(25)17-10-11-18(22)27-17)21(26)28-19-15-8-4-2-6-13(15)14-7-3-5-9-16(14)19/h2-11,19H,12H2,1H3,(H,23,25). The molecule has 0 radical (unpaired) electrons.